The number of carbonyl (C=O) groups is 1. The highest BCUT2D eigenvalue weighted by molar-refractivity contribution is 5.96. The summed E-state index contributed by atoms with van der Waals surface area (Å²) in [6, 6.07) is 7.49. The number of aryl methyl sites for hydroxylation is 1. The van der Waals surface area contributed by atoms with Gasteiger partial charge in [0.1, 0.15) is 0 Å². The van der Waals surface area contributed by atoms with E-state index in [9.17, 15) is 22.4 Å². The average Bonchev–Trinajstić information content (AvgIpc) is 3.41. The molecular formula is C29H30F4N6O2. The molecule has 4 aromatic rings. The van der Waals surface area contributed by atoms with Gasteiger partial charge >= 0.3 is 6.61 Å². The van der Waals surface area contributed by atoms with Gasteiger partial charge < -0.3 is 20.7 Å². The second-order valence-electron chi connectivity index (χ2n) is 9.82. The van der Waals surface area contributed by atoms with Gasteiger partial charge in [-0.05, 0) is 80.6 Å². The normalized spacial score (nSPS) is 14.0. The summed E-state index contributed by atoms with van der Waals surface area (Å²) in [5.41, 5.74) is 2.47. The summed E-state index contributed by atoms with van der Waals surface area (Å²) >= 11 is 0. The predicted octanol–water partition coefficient (Wildman–Crippen LogP) is 5.70. The van der Waals surface area contributed by atoms with Gasteiger partial charge in [0.15, 0.2) is 23.0 Å². The highest BCUT2D eigenvalue weighted by Crippen LogP contribution is 2.32. The van der Waals surface area contributed by atoms with Crippen molar-refractivity contribution in [3.8, 4) is 17.0 Å². The lowest BCUT2D eigenvalue weighted by Crippen LogP contribution is -2.31. The number of nitrogens with one attached hydrogen (secondary N) is 3. The van der Waals surface area contributed by atoms with Gasteiger partial charge in [-0.1, -0.05) is 6.92 Å². The number of halogens is 4. The Hall–Kier alpha value is -4.19. The molecule has 0 aliphatic carbocycles. The van der Waals surface area contributed by atoms with Crippen LogP contribution in [0.5, 0.6) is 5.75 Å². The highest BCUT2D eigenvalue weighted by Gasteiger charge is 2.21. The fourth-order valence-electron chi connectivity index (χ4n) is 5.10. The number of ether oxygens (including phenoxy) is 1. The first-order valence-corrected chi connectivity index (χ1v) is 13.5. The van der Waals surface area contributed by atoms with Gasteiger partial charge in [-0.2, -0.15) is 13.2 Å². The Morgan fingerprint density at radius 2 is 1.95 bits per heavy atom. The Bertz CT molecular complexity index is 1540. The highest BCUT2D eigenvalue weighted by atomic mass is 19.3. The quantitative estimate of drug-likeness (QED) is 0.212. The maximum absolute atomic E-state index is 14.8. The van der Waals surface area contributed by atoms with Crippen molar-refractivity contribution in [3.05, 3.63) is 71.7 Å². The minimum Gasteiger partial charge on any atom is -0.432 e. The lowest BCUT2D eigenvalue weighted by molar-refractivity contribution is -0.0525. The van der Waals surface area contributed by atoms with E-state index in [-0.39, 0.29) is 17.2 Å². The molecule has 216 valence electrons. The molecular weight excluding hydrogens is 540 g/mol. The molecule has 8 nitrogen and oxygen atoms in total. The predicted molar refractivity (Wildman–Crippen MR) is 147 cm³/mol. The molecule has 5 rings (SSSR count). The van der Waals surface area contributed by atoms with Gasteiger partial charge in [0, 0.05) is 35.8 Å². The molecule has 0 radical (unpaired) electrons. The molecule has 1 fully saturated rings. The van der Waals surface area contributed by atoms with E-state index >= 15 is 0 Å². The molecule has 1 amide bonds. The molecule has 3 N–H and O–H groups in total. The number of benzene rings is 2. The molecule has 0 spiro atoms. The minimum atomic E-state index is -3.29. The van der Waals surface area contributed by atoms with E-state index in [1.807, 2.05) is 13.0 Å². The number of fused-ring (bicyclic) bond motifs is 1. The van der Waals surface area contributed by atoms with Crippen molar-refractivity contribution in [2.45, 2.75) is 39.2 Å². The van der Waals surface area contributed by atoms with Gasteiger partial charge in [-0.15, -0.1) is 0 Å². The Morgan fingerprint density at radius 3 is 2.71 bits per heavy atom. The zero-order chi connectivity index (χ0) is 28.9. The molecule has 1 aliphatic heterocycles. The van der Waals surface area contributed by atoms with Crippen molar-refractivity contribution in [2.75, 3.05) is 25.0 Å². The van der Waals surface area contributed by atoms with E-state index in [0.717, 1.165) is 50.0 Å². The van der Waals surface area contributed by atoms with E-state index in [1.54, 1.807) is 12.1 Å². The SMILES string of the molecule is CCc1cc(Nc2nccn3c(-c4ccc(OC(F)F)c(F)c4F)cnc23)ccc1C(=O)NCCC1CCNCC1. The van der Waals surface area contributed by atoms with E-state index in [0.29, 0.717) is 41.6 Å². The van der Waals surface area contributed by atoms with E-state index in [2.05, 4.69) is 30.7 Å². The average molecular weight is 571 g/mol. The number of anilines is 2. The zero-order valence-corrected chi connectivity index (χ0v) is 22.4. The van der Waals surface area contributed by atoms with Crippen LogP contribution in [0.2, 0.25) is 0 Å². The maximum atomic E-state index is 14.8. The largest absolute Gasteiger partial charge is 0.432 e. The van der Waals surface area contributed by atoms with Crippen molar-refractivity contribution in [1.29, 1.82) is 0 Å². The smallest absolute Gasteiger partial charge is 0.387 e. The fourth-order valence-corrected chi connectivity index (χ4v) is 5.10. The first kappa shape index (κ1) is 28.3. The molecule has 2 aromatic heterocycles. The number of hydrogen-bond donors (Lipinski definition) is 3. The van der Waals surface area contributed by atoms with Gasteiger partial charge in [0.25, 0.3) is 5.91 Å². The Morgan fingerprint density at radius 1 is 1.15 bits per heavy atom. The maximum Gasteiger partial charge on any atom is 0.387 e. The number of hydrogen-bond acceptors (Lipinski definition) is 6. The Kier molecular flexibility index (Phi) is 8.67. The van der Waals surface area contributed by atoms with Gasteiger partial charge in [0.2, 0.25) is 5.82 Å². The molecule has 0 atom stereocenters. The number of aromatic nitrogens is 3. The third-order valence-electron chi connectivity index (χ3n) is 7.26. The molecule has 12 heteroatoms. The van der Waals surface area contributed by atoms with Crippen LogP contribution in [-0.4, -0.2) is 46.5 Å². The summed E-state index contributed by atoms with van der Waals surface area (Å²) in [6.07, 6.45) is 8.18. The molecule has 1 aliphatic rings. The molecule has 3 heterocycles. The summed E-state index contributed by atoms with van der Waals surface area (Å²) in [5.74, 6) is -2.88. The van der Waals surface area contributed by atoms with Crippen LogP contribution in [0.4, 0.5) is 29.1 Å². The van der Waals surface area contributed by atoms with Crippen LogP contribution in [0.15, 0.2) is 48.9 Å². The molecule has 41 heavy (non-hydrogen) atoms. The first-order valence-electron chi connectivity index (χ1n) is 13.5. The third kappa shape index (κ3) is 6.27. The molecule has 0 unspecified atom stereocenters. The first-order chi connectivity index (χ1) is 19.9. The topological polar surface area (TPSA) is 92.6 Å². The van der Waals surface area contributed by atoms with Gasteiger partial charge in [0.05, 0.1) is 11.9 Å². The zero-order valence-electron chi connectivity index (χ0n) is 22.4. The molecule has 1 saturated heterocycles. The number of amides is 1. The van der Waals surface area contributed by atoms with Crippen molar-refractivity contribution >= 4 is 23.1 Å². The van der Waals surface area contributed by atoms with Crippen molar-refractivity contribution in [3.63, 3.8) is 0 Å². The Labute approximate surface area is 234 Å². The number of imidazole rings is 1. The standard InChI is InChI=1S/C29H30F4N6O2/c1-2-18-15-19(3-4-20(18)28(40)36-12-9-17-7-10-34-11-8-17)38-26-27-37-16-22(39(27)14-13-35-26)21-5-6-23(41-29(32)33)25(31)24(21)30/h3-6,13-17,29,34H,2,7-12H2,1H3,(H,35,38)(H,36,40). The van der Waals surface area contributed by atoms with E-state index in [4.69, 9.17) is 0 Å². The fraction of sp³-hybridized carbons (Fsp3) is 0.345. The number of piperidine rings is 1. The van der Waals surface area contributed by atoms with Crippen LogP contribution in [-0.2, 0) is 6.42 Å². The van der Waals surface area contributed by atoms with Crippen LogP contribution in [0.25, 0.3) is 16.9 Å². The Balaban J connectivity index is 1.33. The lowest BCUT2D eigenvalue weighted by Gasteiger charge is -2.22. The molecule has 0 saturated carbocycles. The van der Waals surface area contributed by atoms with E-state index < -0.39 is 24.0 Å². The molecule has 2 aromatic carbocycles. The number of nitrogens with zero attached hydrogens (tertiary/aromatic N) is 3. The van der Waals surface area contributed by atoms with Crippen molar-refractivity contribution in [2.24, 2.45) is 5.92 Å². The second kappa shape index (κ2) is 12.5. The number of rotatable bonds is 10. The van der Waals surface area contributed by atoms with Crippen LogP contribution < -0.4 is 20.7 Å². The summed E-state index contributed by atoms with van der Waals surface area (Å²) in [6.45, 7) is 1.36. The summed E-state index contributed by atoms with van der Waals surface area (Å²) in [5, 5.41) is 9.59. The van der Waals surface area contributed by atoms with E-state index in [1.165, 1.54) is 23.0 Å². The number of alkyl halides is 2. The van der Waals surface area contributed by atoms with Gasteiger partial charge in [-0.25, -0.2) is 14.4 Å². The lowest BCUT2D eigenvalue weighted by atomic mass is 9.94. The number of carbonyl (C=O) groups excluding carboxylic acids is 1. The minimum absolute atomic E-state index is 0.111. The van der Waals surface area contributed by atoms with Crippen molar-refractivity contribution < 1.29 is 27.1 Å². The summed E-state index contributed by atoms with van der Waals surface area (Å²) in [4.78, 5) is 21.6. The second-order valence-corrected chi connectivity index (χ2v) is 9.82. The summed E-state index contributed by atoms with van der Waals surface area (Å²) < 4.78 is 59.7. The van der Waals surface area contributed by atoms with Crippen LogP contribution in [0, 0.1) is 17.6 Å². The molecule has 0 bridgehead atoms. The van der Waals surface area contributed by atoms with Crippen LogP contribution in [0.1, 0.15) is 42.1 Å². The van der Waals surface area contributed by atoms with Crippen LogP contribution >= 0.6 is 0 Å². The third-order valence-corrected chi connectivity index (χ3v) is 7.26. The summed E-state index contributed by atoms with van der Waals surface area (Å²) in [7, 11) is 0. The van der Waals surface area contributed by atoms with Crippen molar-refractivity contribution in [1.82, 2.24) is 25.0 Å². The monoisotopic (exact) mass is 570 g/mol. The van der Waals surface area contributed by atoms with Crippen LogP contribution in [0.3, 0.4) is 0 Å². The van der Waals surface area contributed by atoms with Gasteiger partial charge in [-0.3, -0.25) is 9.20 Å².